The minimum absolute atomic E-state index is 0. The Kier molecular flexibility index (Phi) is 44.7. The summed E-state index contributed by atoms with van der Waals surface area (Å²) >= 11 is 0. The third kappa shape index (κ3) is 21.1. The average Bonchev–Trinajstić information content (AvgIpc) is 1.37. The van der Waals surface area contributed by atoms with Crippen LogP contribution in [-0.2, 0) is 32.7 Å². The van der Waals surface area contributed by atoms with E-state index in [-0.39, 0.29) is 40.1 Å². The molecule has 0 rings (SSSR count). The van der Waals surface area contributed by atoms with Gasteiger partial charge in [0.15, 0.2) is 0 Å². The maximum atomic E-state index is 3.49. The molecular formula is C5H10Y-2. The zero-order chi connectivity index (χ0) is 3.41. The van der Waals surface area contributed by atoms with E-state index >= 15 is 0 Å². The van der Waals surface area contributed by atoms with Crippen molar-refractivity contribution in [3.8, 4) is 0 Å². The third-order valence-electron chi connectivity index (χ3n) is 0.204. The molecule has 0 aromatic rings. The van der Waals surface area contributed by atoms with Gasteiger partial charge in [0.2, 0.25) is 0 Å². The van der Waals surface area contributed by atoms with Gasteiger partial charge in [-0.15, -0.1) is 12.7 Å². The predicted molar refractivity (Wildman–Crippen MR) is 26.6 cm³/mol. The van der Waals surface area contributed by atoms with E-state index in [0.29, 0.717) is 0 Å². The van der Waals surface area contributed by atoms with Crippen LogP contribution in [0.5, 0.6) is 0 Å². The van der Waals surface area contributed by atoms with Gasteiger partial charge in [0.25, 0.3) is 0 Å². The molecule has 0 saturated heterocycles. The van der Waals surface area contributed by atoms with Crippen molar-refractivity contribution in [2.24, 2.45) is 0 Å². The zero-order valence-electron chi connectivity index (χ0n) is 4.28. The third-order valence-corrected chi connectivity index (χ3v) is 0.204. The fourth-order valence-corrected chi connectivity index (χ4v) is 0. The van der Waals surface area contributed by atoms with Crippen LogP contribution in [0.1, 0.15) is 6.42 Å². The van der Waals surface area contributed by atoms with Crippen LogP contribution >= 0.6 is 0 Å². The van der Waals surface area contributed by atoms with Gasteiger partial charge < -0.3 is 14.4 Å². The van der Waals surface area contributed by atoms with Gasteiger partial charge in [0.1, 0.15) is 0 Å². The van der Waals surface area contributed by atoms with Crippen molar-refractivity contribution in [3.05, 3.63) is 27.0 Å². The first-order chi connectivity index (χ1) is 1.91. The molecule has 0 bridgehead atoms. The molecule has 0 aliphatic rings. The van der Waals surface area contributed by atoms with E-state index in [1.165, 1.54) is 0 Å². The normalized spacial score (nSPS) is 4.17. The summed E-state index contributed by atoms with van der Waals surface area (Å²) in [6.07, 6.45) is 2.60. The summed E-state index contributed by atoms with van der Waals surface area (Å²) in [5, 5.41) is 0. The first-order valence-electron chi connectivity index (χ1n) is 1.32. The van der Waals surface area contributed by atoms with E-state index in [4.69, 9.17) is 0 Å². The molecule has 1 heteroatoms. The zero-order valence-corrected chi connectivity index (χ0v) is 7.11. The Labute approximate surface area is 65.9 Å². The predicted octanol–water partition coefficient (Wildman–Crippen LogP) is 1.84. The van der Waals surface area contributed by atoms with Crippen molar-refractivity contribution in [2.45, 2.75) is 6.42 Å². The molecule has 0 saturated carbocycles. The molecule has 0 aromatic heterocycles. The van der Waals surface area contributed by atoms with E-state index in [1.807, 2.05) is 0 Å². The van der Waals surface area contributed by atoms with Crippen molar-refractivity contribution >= 4 is 0 Å². The van der Waals surface area contributed by atoms with Crippen LogP contribution in [0.4, 0.5) is 0 Å². The minimum Gasteiger partial charge on any atom is -0.358 e. The Hall–Kier alpha value is 0.844. The van der Waals surface area contributed by atoms with Gasteiger partial charge in [-0.05, 0) is 0 Å². The Morgan fingerprint density at radius 2 is 1.83 bits per heavy atom. The second-order valence-corrected chi connectivity index (χ2v) is 0.577. The van der Waals surface area contributed by atoms with Gasteiger partial charge in [0, 0.05) is 32.7 Å². The monoisotopic (exact) mass is 159 g/mol. The van der Waals surface area contributed by atoms with Crippen LogP contribution in [0.15, 0.2) is 12.7 Å². The molecule has 0 spiro atoms. The molecule has 35 valence electrons. The van der Waals surface area contributed by atoms with E-state index < -0.39 is 0 Å². The largest absolute Gasteiger partial charge is 0.358 e. The topological polar surface area (TPSA) is 0 Å². The average molecular weight is 159 g/mol. The van der Waals surface area contributed by atoms with Gasteiger partial charge in [0.05, 0.1) is 0 Å². The van der Waals surface area contributed by atoms with Gasteiger partial charge in [-0.2, -0.15) is 6.42 Å². The summed E-state index contributed by atoms with van der Waals surface area (Å²) in [4.78, 5) is 0. The van der Waals surface area contributed by atoms with Crippen molar-refractivity contribution in [2.75, 3.05) is 0 Å². The van der Waals surface area contributed by atoms with E-state index in [9.17, 15) is 0 Å². The maximum Gasteiger partial charge on any atom is 0 e. The second-order valence-electron chi connectivity index (χ2n) is 0.577. The van der Waals surface area contributed by atoms with Crippen LogP contribution < -0.4 is 0 Å². The summed E-state index contributed by atoms with van der Waals surface area (Å²) in [6, 6.07) is 0. The molecule has 0 fully saturated rings. The Balaban J connectivity index is -0.0000000450. The Morgan fingerprint density at radius 1 is 1.67 bits per heavy atom. The van der Waals surface area contributed by atoms with Crippen LogP contribution in [0, 0.1) is 14.4 Å². The maximum absolute atomic E-state index is 3.49. The van der Waals surface area contributed by atoms with Crippen LogP contribution in [0.25, 0.3) is 0 Å². The van der Waals surface area contributed by atoms with Crippen molar-refractivity contribution < 1.29 is 32.7 Å². The van der Waals surface area contributed by atoms with E-state index in [0.717, 1.165) is 6.42 Å². The van der Waals surface area contributed by atoms with Gasteiger partial charge in [-0.1, -0.05) is 0 Å². The summed E-state index contributed by atoms with van der Waals surface area (Å²) in [6.45, 7) is 6.90. The summed E-state index contributed by atoms with van der Waals surface area (Å²) in [5.41, 5.74) is 0. The first kappa shape index (κ1) is 15.8. The van der Waals surface area contributed by atoms with Crippen molar-refractivity contribution in [1.29, 1.82) is 0 Å². The molecule has 0 unspecified atom stereocenters. The molecule has 0 aliphatic carbocycles. The molecular weight excluding hydrogens is 149 g/mol. The van der Waals surface area contributed by atoms with Crippen LogP contribution in [0.3, 0.4) is 0 Å². The number of allylic oxidation sites excluding steroid dienone is 1. The van der Waals surface area contributed by atoms with Crippen LogP contribution in [0.2, 0.25) is 0 Å². The smallest absolute Gasteiger partial charge is 0 e. The quantitative estimate of drug-likeness (QED) is 0.404. The minimum atomic E-state index is 0. The number of hydrogen-bond acceptors (Lipinski definition) is 0. The molecule has 0 aliphatic heterocycles. The molecule has 0 aromatic carbocycles. The van der Waals surface area contributed by atoms with Gasteiger partial charge >= 0.3 is 0 Å². The number of hydrogen-bond donors (Lipinski definition) is 0. The summed E-state index contributed by atoms with van der Waals surface area (Å²) in [7, 11) is 0. The molecule has 1 radical (unpaired) electrons. The fraction of sp³-hybridized carbons (Fsp3) is 0.200. The van der Waals surface area contributed by atoms with Crippen LogP contribution in [-0.4, -0.2) is 0 Å². The van der Waals surface area contributed by atoms with E-state index in [2.05, 4.69) is 13.5 Å². The SMILES string of the molecule is C=CC[CH2-].[CH3-].[Y]. The van der Waals surface area contributed by atoms with Crippen molar-refractivity contribution in [3.63, 3.8) is 0 Å². The van der Waals surface area contributed by atoms with Crippen molar-refractivity contribution in [1.82, 2.24) is 0 Å². The van der Waals surface area contributed by atoms with E-state index in [1.54, 1.807) is 6.08 Å². The second kappa shape index (κ2) is 17.0. The molecule has 0 heterocycles. The number of rotatable bonds is 1. The standard InChI is InChI=1S/C4H7.CH3.Y/c1-3-4-2;;/h3H,1-2,4H2;1H3;/q2*-1;. The molecule has 0 amide bonds. The first-order valence-corrected chi connectivity index (χ1v) is 1.32. The molecule has 0 nitrogen and oxygen atoms in total. The van der Waals surface area contributed by atoms with Gasteiger partial charge in [-0.25, -0.2) is 0 Å². The summed E-state index contributed by atoms with van der Waals surface area (Å²) in [5.74, 6) is 0. The molecule has 0 atom stereocenters. The molecule has 0 N–H and O–H groups in total. The molecule has 6 heavy (non-hydrogen) atoms. The fourth-order valence-electron chi connectivity index (χ4n) is 0. The Morgan fingerprint density at radius 3 is 1.83 bits per heavy atom. The Bertz CT molecular complexity index is 17.9. The van der Waals surface area contributed by atoms with Gasteiger partial charge in [-0.3, -0.25) is 0 Å². The summed E-state index contributed by atoms with van der Waals surface area (Å²) < 4.78 is 0.